The van der Waals surface area contributed by atoms with Crippen LogP contribution in [0.15, 0.2) is 49.1 Å². The molecule has 9 nitrogen and oxygen atoms in total. The van der Waals surface area contributed by atoms with Crippen LogP contribution in [0.1, 0.15) is 26.3 Å². The van der Waals surface area contributed by atoms with Crippen LogP contribution in [0.2, 0.25) is 0 Å². The van der Waals surface area contributed by atoms with Crippen LogP contribution in [-0.4, -0.2) is 57.1 Å². The number of aromatic nitrogens is 5. The number of ether oxygens (including phenoxy) is 1. The van der Waals surface area contributed by atoms with Gasteiger partial charge in [0.25, 0.3) is 0 Å². The smallest absolute Gasteiger partial charge is 0.168 e. The fraction of sp³-hybridized carbons (Fsp3) is 0.333. The summed E-state index contributed by atoms with van der Waals surface area (Å²) in [7, 11) is 1.31. The number of nitrogens with two attached hydrogens (primary N) is 1. The molecule has 2 atom stereocenters. The second kappa shape index (κ2) is 10.9. The summed E-state index contributed by atoms with van der Waals surface area (Å²) in [5.74, 6) is -0.892. The summed E-state index contributed by atoms with van der Waals surface area (Å²) >= 11 is 0. The second-order valence-corrected chi connectivity index (χ2v) is 9.74. The average molecular weight is 539 g/mol. The van der Waals surface area contributed by atoms with Crippen molar-refractivity contribution in [2.45, 2.75) is 38.5 Å². The Morgan fingerprint density at radius 1 is 1.10 bits per heavy atom. The van der Waals surface area contributed by atoms with Crippen LogP contribution in [-0.2, 0) is 0 Å². The Morgan fingerprint density at radius 3 is 2.64 bits per heavy atom. The molecule has 0 amide bonds. The molecule has 3 N–H and O–H groups in total. The third-order valence-corrected chi connectivity index (χ3v) is 6.47. The van der Waals surface area contributed by atoms with Gasteiger partial charge in [-0.15, -0.1) is 0 Å². The van der Waals surface area contributed by atoms with E-state index in [-0.39, 0.29) is 35.8 Å². The summed E-state index contributed by atoms with van der Waals surface area (Å²) in [4.78, 5) is 15.0. The van der Waals surface area contributed by atoms with Gasteiger partial charge in [0, 0.05) is 73.1 Å². The quantitative estimate of drug-likeness (QED) is 0.343. The van der Waals surface area contributed by atoms with Gasteiger partial charge in [0.2, 0.25) is 0 Å². The number of anilines is 3. The molecule has 1 aliphatic rings. The standard InChI is InChI=1S/C27H29F3N8O/c1-15(2)38-12-16(10-34-38)20-11-33-25(9-22(20)37-13-18(29)6-19(31)14-37)35-24-4-5-32-27(36-24)26-21(30)7-17(28)8-23(26)39-3/h4-5,7-12,15,18-19H,6,13-14,31H2,1-3H3,(H,32,33,35,36)/t18-,19-/m0/s1. The SMILES string of the molecule is COc1cc(F)cc(F)c1-c1nccc(Nc2cc(N3C[C@@H](N)C[C@H](F)C3)c(-c3cnn(C(C)C)c3)cn2)n1. The average Bonchev–Trinajstić information content (AvgIpc) is 3.38. The van der Waals surface area contributed by atoms with Crippen molar-refractivity contribution in [3.63, 3.8) is 0 Å². The molecule has 3 aromatic heterocycles. The van der Waals surface area contributed by atoms with Gasteiger partial charge in [-0.2, -0.15) is 5.10 Å². The number of piperidine rings is 1. The monoisotopic (exact) mass is 538 g/mol. The lowest BCUT2D eigenvalue weighted by Crippen LogP contribution is -2.48. The number of methoxy groups -OCH3 is 1. The number of rotatable bonds is 7. The topological polar surface area (TPSA) is 107 Å². The van der Waals surface area contributed by atoms with E-state index in [1.807, 2.05) is 29.6 Å². The van der Waals surface area contributed by atoms with Crippen molar-refractivity contribution in [1.82, 2.24) is 24.7 Å². The van der Waals surface area contributed by atoms with E-state index < -0.39 is 17.8 Å². The summed E-state index contributed by atoms with van der Waals surface area (Å²) in [6.07, 6.45) is 6.06. The van der Waals surface area contributed by atoms with Gasteiger partial charge < -0.3 is 20.7 Å². The summed E-state index contributed by atoms with van der Waals surface area (Å²) in [6.45, 7) is 4.74. The van der Waals surface area contributed by atoms with Crippen molar-refractivity contribution < 1.29 is 17.9 Å². The Bertz CT molecular complexity index is 1470. The molecule has 1 aromatic carbocycles. The first-order valence-corrected chi connectivity index (χ1v) is 12.5. The summed E-state index contributed by atoms with van der Waals surface area (Å²) < 4.78 is 49.9. The van der Waals surface area contributed by atoms with E-state index in [2.05, 4.69) is 25.4 Å². The number of hydrogen-bond acceptors (Lipinski definition) is 8. The van der Waals surface area contributed by atoms with E-state index in [9.17, 15) is 13.2 Å². The van der Waals surface area contributed by atoms with Gasteiger partial charge in [-0.25, -0.2) is 28.1 Å². The number of halogens is 3. The maximum absolute atomic E-state index is 14.6. The van der Waals surface area contributed by atoms with Crippen molar-refractivity contribution in [2.24, 2.45) is 5.73 Å². The van der Waals surface area contributed by atoms with Gasteiger partial charge in [0.15, 0.2) is 5.82 Å². The van der Waals surface area contributed by atoms with Gasteiger partial charge in [0.1, 0.15) is 35.2 Å². The molecule has 0 spiro atoms. The minimum Gasteiger partial charge on any atom is -0.496 e. The fourth-order valence-electron chi connectivity index (χ4n) is 4.64. The van der Waals surface area contributed by atoms with Gasteiger partial charge in [-0.1, -0.05) is 0 Å². The van der Waals surface area contributed by atoms with E-state index in [1.54, 1.807) is 24.5 Å². The highest BCUT2D eigenvalue weighted by Crippen LogP contribution is 2.36. The van der Waals surface area contributed by atoms with Gasteiger partial charge in [-0.3, -0.25) is 4.68 Å². The molecule has 5 rings (SSSR count). The minimum absolute atomic E-state index is 0.00886. The van der Waals surface area contributed by atoms with Crippen LogP contribution in [0.3, 0.4) is 0 Å². The zero-order valence-corrected chi connectivity index (χ0v) is 21.8. The van der Waals surface area contributed by atoms with E-state index in [0.717, 1.165) is 28.9 Å². The summed E-state index contributed by atoms with van der Waals surface area (Å²) in [5, 5.41) is 7.55. The molecular formula is C27H29F3N8O. The Labute approximate surface area is 223 Å². The number of pyridine rings is 1. The van der Waals surface area contributed by atoms with Crippen LogP contribution in [0.5, 0.6) is 5.75 Å². The molecule has 4 heterocycles. The lowest BCUT2D eigenvalue weighted by Gasteiger charge is -2.35. The predicted octanol–water partition coefficient (Wildman–Crippen LogP) is 4.89. The lowest BCUT2D eigenvalue weighted by atomic mass is 10.0. The summed E-state index contributed by atoms with van der Waals surface area (Å²) in [6, 6.07) is 5.07. The number of alkyl halides is 1. The Hall–Kier alpha value is -4.19. The maximum atomic E-state index is 14.6. The Balaban J connectivity index is 1.51. The third-order valence-electron chi connectivity index (χ3n) is 6.47. The maximum Gasteiger partial charge on any atom is 0.168 e. The minimum atomic E-state index is -1.06. The van der Waals surface area contributed by atoms with E-state index in [1.165, 1.54) is 13.3 Å². The zero-order valence-electron chi connectivity index (χ0n) is 21.8. The molecule has 1 saturated heterocycles. The van der Waals surface area contributed by atoms with Crippen LogP contribution >= 0.6 is 0 Å². The van der Waals surface area contributed by atoms with Gasteiger partial charge >= 0.3 is 0 Å². The van der Waals surface area contributed by atoms with Crippen LogP contribution < -0.4 is 20.7 Å². The molecule has 0 aliphatic carbocycles. The van der Waals surface area contributed by atoms with Crippen LogP contribution in [0.25, 0.3) is 22.5 Å². The fourth-order valence-corrected chi connectivity index (χ4v) is 4.64. The van der Waals surface area contributed by atoms with E-state index >= 15 is 0 Å². The van der Waals surface area contributed by atoms with Crippen molar-refractivity contribution in [3.8, 4) is 28.3 Å². The molecule has 0 bridgehead atoms. The number of nitrogens with zero attached hydrogens (tertiary/aromatic N) is 6. The van der Waals surface area contributed by atoms with E-state index in [4.69, 9.17) is 10.5 Å². The van der Waals surface area contributed by atoms with E-state index in [0.29, 0.717) is 24.6 Å². The lowest BCUT2D eigenvalue weighted by molar-refractivity contribution is 0.269. The molecule has 12 heteroatoms. The number of benzene rings is 1. The highest BCUT2D eigenvalue weighted by atomic mass is 19.1. The molecule has 0 radical (unpaired) electrons. The normalized spacial score (nSPS) is 17.5. The molecule has 0 saturated carbocycles. The number of nitrogens with one attached hydrogen (secondary N) is 1. The second-order valence-electron chi connectivity index (χ2n) is 9.74. The first-order valence-electron chi connectivity index (χ1n) is 12.5. The molecular weight excluding hydrogens is 509 g/mol. The van der Waals surface area contributed by atoms with Crippen LogP contribution in [0.4, 0.5) is 30.5 Å². The third kappa shape index (κ3) is 5.65. The highest BCUT2D eigenvalue weighted by Gasteiger charge is 2.27. The molecule has 204 valence electrons. The predicted molar refractivity (Wildman–Crippen MR) is 143 cm³/mol. The number of hydrogen-bond donors (Lipinski definition) is 2. The highest BCUT2D eigenvalue weighted by molar-refractivity contribution is 5.80. The Morgan fingerprint density at radius 2 is 1.92 bits per heavy atom. The first kappa shape index (κ1) is 26.4. The van der Waals surface area contributed by atoms with Crippen LogP contribution in [0, 0.1) is 11.6 Å². The summed E-state index contributed by atoms with van der Waals surface area (Å²) in [5.41, 5.74) is 8.46. The van der Waals surface area contributed by atoms with Gasteiger partial charge in [0.05, 0.1) is 24.6 Å². The molecule has 0 unspecified atom stereocenters. The van der Waals surface area contributed by atoms with Gasteiger partial charge in [-0.05, 0) is 26.3 Å². The zero-order chi connectivity index (χ0) is 27.7. The Kier molecular flexibility index (Phi) is 7.38. The molecule has 1 aliphatic heterocycles. The van der Waals surface area contributed by atoms with Crippen molar-refractivity contribution >= 4 is 17.3 Å². The first-order chi connectivity index (χ1) is 18.7. The van der Waals surface area contributed by atoms with Crippen molar-refractivity contribution in [1.29, 1.82) is 0 Å². The van der Waals surface area contributed by atoms with Crippen molar-refractivity contribution in [2.75, 3.05) is 30.4 Å². The molecule has 1 fully saturated rings. The van der Waals surface area contributed by atoms with Crippen molar-refractivity contribution in [3.05, 3.63) is 60.7 Å². The molecule has 39 heavy (non-hydrogen) atoms. The molecule has 4 aromatic rings. The largest absolute Gasteiger partial charge is 0.496 e.